The summed E-state index contributed by atoms with van der Waals surface area (Å²) in [6.45, 7) is 5.80. The predicted octanol–water partition coefficient (Wildman–Crippen LogP) is 4.98. The Morgan fingerprint density at radius 2 is 1.50 bits per heavy atom. The van der Waals surface area contributed by atoms with Crippen LogP contribution in [0.15, 0.2) is 4.99 Å². The standard InChI is InChI=1S/C7H11Cl6NOSi/c1-16(2,3)15-5(7(11,12)13)14-4-6(8,9)10/h4-5H,1-3H3/b14-4+. The van der Waals surface area contributed by atoms with Crippen molar-refractivity contribution in [3.63, 3.8) is 0 Å². The van der Waals surface area contributed by atoms with Crippen molar-refractivity contribution in [2.45, 2.75) is 33.5 Å². The molecule has 0 amide bonds. The van der Waals surface area contributed by atoms with E-state index >= 15 is 0 Å². The van der Waals surface area contributed by atoms with Gasteiger partial charge in [0.25, 0.3) is 0 Å². The monoisotopic (exact) mass is 363 g/mol. The van der Waals surface area contributed by atoms with Crippen LogP contribution >= 0.6 is 69.6 Å². The summed E-state index contributed by atoms with van der Waals surface area (Å²) in [6, 6.07) is 0. The van der Waals surface area contributed by atoms with Crippen LogP contribution in [0.2, 0.25) is 19.6 Å². The minimum absolute atomic E-state index is 0.986. The molecule has 96 valence electrons. The zero-order chi connectivity index (χ0) is 13.2. The SMILES string of the molecule is C[Si](C)(C)OC(/N=C/C(Cl)(Cl)Cl)C(Cl)(Cl)Cl. The molecule has 9 heteroatoms. The summed E-state index contributed by atoms with van der Waals surface area (Å²) in [6.07, 6.45) is 0.0736. The van der Waals surface area contributed by atoms with E-state index in [4.69, 9.17) is 74.0 Å². The highest BCUT2D eigenvalue weighted by atomic mass is 35.6. The molecule has 0 saturated carbocycles. The van der Waals surface area contributed by atoms with Crippen molar-refractivity contribution in [2.75, 3.05) is 0 Å². The molecule has 0 saturated heterocycles. The average molecular weight is 366 g/mol. The Morgan fingerprint density at radius 1 is 1.06 bits per heavy atom. The molecule has 0 bridgehead atoms. The number of aliphatic imine (C=N–C) groups is 1. The van der Waals surface area contributed by atoms with Crippen molar-refractivity contribution in [3.8, 4) is 0 Å². The number of nitrogens with zero attached hydrogens (tertiary/aromatic N) is 1. The second-order valence-corrected chi connectivity index (χ2v) is 13.1. The molecule has 0 aliphatic carbocycles. The molecule has 0 aromatic carbocycles. The van der Waals surface area contributed by atoms with Gasteiger partial charge >= 0.3 is 0 Å². The van der Waals surface area contributed by atoms with E-state index in [2.05, 4.69) is 4.99 Å². The first-order valence-corrected chi connectivity index (χ1v) is 9.84. The van der Waals surface area contributed by atoms with Gasteiger partial charge in [-0.2, -0.15) is 0 Å². The Bertz CT molecular complexity index is 253. The first-order chi connectivity index (χ1) is 6.81. The lowest BCUT2D eigenvalue weighted by Gasteiger charge is -2.28. The topological polar surface area (TPSA) is 21.6 Å². The van der Waals surface area contributed by atoms with Crippen LogP contribution < -0.4 is 0 Å². The van der Waals surface area contributed by atoms with Gasteiger partial charge in [-0.15, -0.1) is 0 Å². The molecule has 0 N–H and O–H groups in total. The maximum Gasteiger partial charge on any atom is 0.235 e. The van der Waals surface area contributed by atoms with Crippen molar-refractivity contribution in [1.82, 2.24) is 0 Å². The summed E-state index contributed by atoms with van der Waals surface area (Å²) in [7, 11) is -1.92. The summed E-state index contributed by atoms with van der Waals surface area (Å²) in [5.41, 5.74) is 0. The summed E-state index contributed by atoms with van der Waals surface area (Å²) < 4.78 is 2.22. The molecule has 1 atom stereocenters. The second-order valence-electron chi connectivity index (χ2n) is 3.94. The van der Waals surface area contributed by atoms with Crippen molar-refractivity contribution in [1.29, 1.82) is 0 Å². The molecule has 0 rings (SSSR count). The molecule has 0 spiro atoms. The van der Waals surface area contributed by atoms with E-state index in [0.717, 1.165) is 6.21 Å². The Balaban J connectivity index is 4.79. The van der Waals surface area contributed by atoms with Crippen LogP contribution in [0.25, 0.3) is 0 Å². The molecule has 0 radical (unpaired) electrons. The average Bonchev–Trinajstić information content (AvgIpc) is 1.91. The summed E-state index contributed by atoms with van der Waals surface area (Å²) in [4.78, 5) is 3.85. The lowest BCUT2D eigenvalue weighted by molar-refractivity contribution is 0.209. The molecule has 16 heavy (non-hydrogen) atoms. The van der Waals surface area contributed by atoms with Gasteiger partial charge in [0.2, 0.25) is 7.59 Å². The number of halogens is 6. The number of hydrogen-bond acceptors (Lipinski definition) is 2. The highest BCUT2D eigenvalue weighted by Gasteiger charge is 2.37. The minimum Gasteiger partial charge on any atom is -0.393 e. The van der Waals surface area contributed by atoms with Gasteiger partial charge in [0.1, 0.15) is 0 Å². The normalized spacial score (nSPS) is 16.8. The van der Waals surface area contributed by atoms with E-state index in [1.54, 1.807) is 0 Å². The minimum atomic E-state index is -1.92. The highest BCUT2D eigenvalue weighted by molar-refractivity contribution is 6.74. The van der Waals surface area contributed by atoms with Crippen LogP contribution in [0.5, 0.6) is 0 Å². The van der Waals surface area contributed by atoms with Crippen LogP contribution in [-0.4, -0.2) is 28.3 Å². The zero-order valence-corrected chi connectivity index (χ0v) is 14.3. The molecule has 0 aliphatic rings. The van der Waals surface area contributed by atoms with Gasteiger partial charge in [0.05, 0.1) is 6.21 Å². The van der Waals surface area contributed by atoms with Gasteiger partial charge in [0.15, 0.2) is 14.5 Å². The van der Waals surface area contributed by atoms with Crippen molar-refractivity contribution in [3.05, 3.63) is 0 Å². The molecule has 0 aromatic rings. The van der Waals surface area contributed by atoms with Gasteiger partial charge < -0.3 is 4.43 Å². The first-order valence-electron chi connectivity index (χ1n) is 4.17. The molecule has 2 nitrogen and oxygen atoms in total. The number of hydrogen-bond donors (Lipinski definition) is 0. The van der Waals surface area contributed by atoms with E-state index < -0.39 is 22.1 Å². The maximum absolute atomic E-state index is 5.72. The third-order valence-electron chi connectivity index (χ3n) is 1.10. The summed E-state index contributed by atoms with van der Waals surface area (Å²) >= 11 is 33.7. The Labute approximate surface area is 126 Å². The molecular formula is C7H11Cl6NOSi. The molecule has 0 heterocycles. The summed E-state index contributed by atoms with van der Waals surface area (Å²) in [5.74, 6) is 0. The summed E-state index contributed by atoms with van der Waals surface area (Å²) in [5, 5.41) is 0. The van der Waals surface area contributed by atoms with Gasteiger partial charge in [0, 0.05) is 0 Å². The van der Waals surface area contributed by atoms with Crippen LogP contribution in [-0.2, 0) is 4.43 Å². The van der Waals surface area contributed by atoms with Crippen LogP contribution in [0.1, 0.15) is 0 Å². The largest absolute Gasteiger partial charge is 0.393 e. The molecular weight excluding hydrogens is 355 g/mol. The quantitative estimate of drug-likeness (QED) is 0.393. The fraction of sp³-hybridized carbons (Fsp3) is 0.857. The molecule has 0 aliphatic heterocycles. The third-order valence-corrected chi connectivity index (χ3v) is 2.88. The fourth-order valence-electron chi connectivity index (χ4n) is 0.669. The predicted molar refractivity (Wildman–Crippen MR) is 77.3 cm³/mol. The molecule has 1 unspecified atom stereocenters. The Hall–Kier alpha value is 1.59. The molecule has 0 fully saturated rings. The van der Waals surface area contributed by atoms with Crippen LogP contribution in [0.4, 0.5) is 0 Å². The van der Waals surface area contributed by atoms with Crippen LogP contribution in [0.3, 0.4) is 0 Å². The van der Waals surface area contributed by atoms with Crippen LogP contribution in [0, 0.1) is 0 Å². The van der Waals surface area contributed by atoms with E-state index in [0.29, 0.717) is 0 Å². The first kappa shape index (κ1) is 17.6. The Morgan fingerprint density at radius 3 is 1.75 bits per heavy atom. The maximum atomic E-state index is 5.72. The molecule has 0 aromatic heterocycles. The van der Waals surface area contributed by atoms with Crippen molar-refractivity contribution < 1.29 is 4.43 Å². The Kier molecular flexibility index (Phi) is 6.77. The highest BCUT2D eigenvalue weighted by Crippen LogP contribution is 2.35. The van der Waals surface area contributed by atoms with E-state index in [-0.39, 0.29) is 0 Å². The van der Waals surface area contributed by atoms with Gasteiger partial charge in [-0.25, -0.2) is 0 Å². The number of alkyl halides is 6. The third kappa shape index (κ3) is 9.60. The van der Waals surface area contributed by atoms with E-state index in [9.17, 15) is 0 Å². The second kappa shape index (κ2) is 6.16. The lowest BCUT2D eigenvalue weighted by Crippen LogP contribution is -2.38. The lowest BCUT2D eigenvalue weighted by atomic mass is 10.6. The van der Waals surface area contributed by atoms with Crippen molar-refractivity contribution >= 4 is 84.1 Å². The fourth-order valence-corrected chi connectivity index (χ4v) is 2.27. The van der Waals surface area contributed by atoms with Gasteiger partial charge in [-0.1, -0.05) is 69.6 Å². The smallest absolute Gasteiger partial charge is 0.235 e. The van der Waals surface area contributed by atoms with E-state index in [1.165, 1.54) is 0 Å². The van der Waals surface area contributed by atoms with Gasteiger partial charge in [-0.3, -0.25) is 4.99 Å². The van der Waals surface area contributed by atoms with Gasteiger partial charge in [-0.05, 0) is 19.6 Å². The zero-order valence-electron chi connectivity index (χ0n) is 8.78. The van der Waals surface area contributed by atoms with E-state index in [1.807, 2.05) is 19.6 Å². The van der Waals surface area contributed by atoms with Crippen molar-refractivity contribution in [2.24, 2.45) is 4.99 Å². The number of rotatable bonds is 3.